The van der Waals surface area contributed by atoms with Gasteiger partial charge < -0.3 is 15.0 Å². The van der Waals surface area contributed by atoms with Crippen LogP contribution in [0, 0.1) is 20.8 Å². The molecule has 0 saturated carbocycles. The van der Waals surface area contributed by atoms with Crippen LogP contribution in [0.25, 0.3) is 0 Å². The normalized spacial score (nSPS) is 16.6. The number of methoxy groups -OCH3 is 1. The smallest absolute Gasteiger partial charge is 0.337 e. The first-order valence-electron chi connectivity index (χ1n) is 10.00. The van der Waals surface area contributed by atoms with E-state index >= 15 is 0 Å². The average Bonchev–Trinajstić information content (AvgIpc) is 2.70. The molecule has 1 heterocycles. The van der Waals surface area contributed by atoms with Gasteiger partial charge in [0.25, 0.3) is 10.0 Å². The van der Waals surface area contributed by atoms with Crippen LogP contribution in [0.1, 0.15) is 35.2 Å². The van der Waals surface area contributed by atoms with Gasteiger partial charge in [-0.1, -0.05) is 29.8 Å². The van der Waals surface area contributed by atoms with Crippen molar-refractivity contribution >= 4 is 39.0 Å². The van der Waals surface area contributed by atoms with E-state index in [0.29, 0.717) is 38.8 Å². The Kier molecular flexibility index (Phi) is 6.61. The Hall–Kier alpha value is -2.91. The summed E-state index contributed by atoms with van der Waals surface area (Å²) < 4.78 is 34.0. The van der Waals surface area contributed by atoms with Crippen LogP contribution < -0.4 is 10.0 Å². The number of carbonyl (C=O) groups is 1. The zero-order chi connectivity index (χ0) is 23.8. The van der Waals surface area contributed by atoms with Gasteiger partial charge in [0.05, 0.1) is 23.6 Å². The second kappa shape index (κ2) is 8.91. The van der Waals surface area contributed by atoms with Gasteiger partial charge in [0, 0.05) is 18.4 Å². The molecule has 0 saturated heterocycles. The molecule has 0 fully saturated rings. The minimum absolute atomic E-state index is 0.262. The van der Waals surface area contributed by atoms with E-state index < -0.39 is 22.0 Å². The number of aryl methyl sites for hydroxylation is 3. The van der Waals surface area contributed by atoms with Crippen LogP contribution in [-0.4, -0.2) is 38.6 Å². The molecule has 7 nitrogen and oxygen atoms in total. The number of allylic oxidation sites excluding steroid dienone is 1. The standard InChI is InChI=1S/C23H27N3O4S2/c1-13-10-14(2)21(15(3)11-13)32(28,29)25-18-9-7-8-17(12-18)20-19(22(27)30-6)16(4)26(5)23(31)24-20/h7-12,20,25H,1-6H3,(H,24,31). The first-order chi connectivity index (χ1) is 15.0. The van der Waals surface area contributed by atoms with Gasteiger partial charge in [0.2, 0.25) is 0 Å². The van der Waals surface area contributed by atoms with E-state index in [-0.39, 0.29) is 4.90 Å². The summed E-state index contributed by atoms with van der Waals surface area (Å²) in [5, 5.41) is 3.60. The van der Waals surface area contributed by atoms with Crippen molar-refractivity contribution in [1.29, 1.82) is 0 Å². The van der Waals surface area contributed by atoms with Crippen molar-refractivity contribution in [3.63, 3.8) is 0 Å². The summed E-state index contributed by atoms with van der Waals surface area (Å²) in [7, 11) is -0.724. The lowest BCUT2D eigenvalue weighted by Gasteiger charge is -2.35. The van der Waals surface area contributed by atoms with E-state index in [9.17, 15) is 13.2 Å². The monoisotopic (exact) mass is 473 g/mol. The van der Waals surface area contributed by atoms with Crippen molar-refractivity contribution in [2.75, 3.05) is 18.9 Å². The van der Waals surface area contributed by atoms with E-state index in [1.54, 1.807) is 50.9 Å². The fraction of sp³-hybridized carbons (Fsp3) is 0.304. The second-order valence-corrected chi connectivity index (χ2v) is 9.90. The Labute approximate surface area is 194 Å². The highest BCUT2D eigenvalue weighted by molar-refractivity contribution is 7.92. The fourth-order valence-electron chi connectivity index (χ4n) is 4.04. The van der Waals surface area contributed by atoms with E-state index in [2.05, 4.69) is 10.0 Å². The fourth-order valence-corrected chi connectivity index (χ4v) is 5.80. The summed E-state index contributed by atoms with van der Waals surface area (Å²) in [4.78, 5) is 14.5. The molecule has 0 amide bonds. The third-order valence-electron chi connectivity index (χ3n) is 5.50. The number of rotatable bonds is 5. The summed E-state index contributed by atoms with van der Waals surface area (Å²) in [6.07, 6.45) is 0. The molecular weight excluding hydrogens is 446 g/mol. The third-order valence-corrected chi connectivity index (χ3v) is 7.58. The summed E-state index contributed by atoms with van der Waals surface area (Å²) in [5.41, 5.74) is 4.51. The molecule has 32 heavy (non-hydrogen) atoms. The number of sulfonamides is 1. The number of ether oxygens (including phenoxy) is 1. The van der Waals surface area contributed by atoms with Gasteiger partial charge in [-0.2, -0.15) is 0 Å². The van der Waals surface area contributed by atoms with Gasteiger partial charge >= 0.3 is 5.97 Å². The zero-order valence-electron chi connectivity index (χ0n) is 18.9. The first kappa shape index (κ1) is 23.7. The van der Waals surface area contributed by atoms with Gasteiger partial charge in [-0.25, -0.2) is 13.2 Å². The highest BCUT2D eigenvalue weighted by Crippen LogP contribution is 2.32. The van der Waals surface area contributed by atoms with Crippen molar-refractivity contribution in [1.82, 2.24) is 10.2 Å². The number of thiocarbonyl (C=S) groups is 1. The summed E-state index contributed by atoms with van der Waals surface area (Å²) in [6, 6.07) is 10.0. The second-order valence-electron chi connectivity index (χ2n) is 7.89. The van der Waals surface area contributed by atoms with Gasteiger partial charge in [-0.05, 0) is 68.7 Å². The van der Waals surface area contributed by atoms with Gasteiger partial charge in [-0.3, -0.25) is 4.72 Å². The molecule has 0 bridgehead atoms. The Morgan fingerprint density at radius 3 is 2.34 bits per heavy atom. The predicted octanol–water partition coefficient (Wildman–Crippen LogP) is 3.72. The molecule has 2 aromatic rings. The number of nitrogens with zero attached hydrogens (tertiary/aromatic N) is 1. The van der Waals surface area contributed by atoms with Gasteiger partial charge in [0.15, 0.2) is 5.11 Å². The van der Waals surface area contributed by atoms with Crippen molar-refractivity contribution in [3.05, 3.63) is 69.9 Å². The Morgan fingerprint density at radius 1 is 1.12 bits per heavy atom. The molecule has 0 spiro atoms. The van der Waals surface area contributed by atoms with Crippen LogP contribution in [0.15, 0.2) is 52.6 Å². The number of carbonyl (C=O) groups excluding carboxylic acids is 1. The average molecular weight is 474 g/mol. The molecule has 9 heteroatoms. The summed E-state index contributed by atoms with van der Waals surface area (Å²) in [5.74, 6) is -0.480. The Morgan fingerprint density at radius 2 is 1.75 bits per heavy atom. The van der Waals surface area contributed by atoms with Gasteiger partial charge in [-0.15, -0.1) is 0 Å². The molecule has 1 atom stereocenters. The highest BCUT2D eigenvalue weighted by Gasteiger charge is 2.33. The number of hydrogen-bond donors (Lipinski definition) is 2. The Bertz CT molecular complexity index is 1210. The lowest BCUT2D eigenvalue weighted by atomic mass is 9.95. The largest absolute Gasteiger partial charge is 0.466 e. The van der Waals surface area contributed by atoms with E-state index in [0.717, 1.165) is 5.56 Å². The Balaban J connectivity index is 2.02. The molecule has 1 unspecified atom stereocenters. The summed E-state index contributed by atoms with van der Waals surface area (Å²) >= 11 is 5.40. The van der Waals surface area contributed by atoms with E-state index in [4.69, 9.17) is 17.0 Å². The predicted molar refractivity (Wildman–Crippen MR) is 129 cm³/mol. The number of nitrogens with one attached hydrogen (secondary N) is 2. The van der Waals surface area contributed by atoms with Crippen LogP contribution in [0.5, 0.6) is 0 Å². The van der Waals surface area contributed by atoms with E-state index in [1.807, 2.05) is 25.1 Å². The SMILES string of the molecule is COC(=O)C1=C(C)N(C)C(=S)NC1c1cccc(NS(=O)(=O)c2c(C)cc(C)cc2C)c1. The van der Waals surface area contributed by atoms with Crippen LogP contribution in [0.4, 0.5) is 5.69 Å². The van der Waals surface area contributed by atoms with Crippen molar-refractivity contribution in [3.8, 4) is 0 Å². The van der Waals surface area contributed by atoms with Crippen molar-refractivity contribution < 1.29 is 17.9 Å². The number of benzene rings is 2. The molecule has 0 radical (unpaired) electrons. The molecule has 2 aromatic carbocycles. The van der Waals surface area contributed by atoms with Crippen LogP contribution in [-0.2, 0) is 19.6 Å². The van der Waals surface area contributed by atoms with Gasteiger partial charge in [0.1, 0.15) is 0 Å². The molecule has 1 aliphatic heterocycles. The lowest BCUT2D eigenvalue weighted by molar-refractivity contribution is -0.136. The van der Waals surface area contributed by atoms with Crippen molar-refractivity contribution in [2.45, 2.75) is 38.6 Å². The highest BCUT2D eigenvalue weighted by atomic mass is 32.2. The molecular formula is C23H27N3O4S2. The molecule has 170 valence electrons. The minimum Gasteiger partial charge on any atom is -0.466 e. The third kappa shape index (κ3) is 4.49. The van der Waals surface area contributed by atoms with E-state index in [1.165, 1.54) is 7.11 Å². The first-order valence-corrected chi connectivity index (χ1v) is 11.9. The minimum atomic E-state index is -3.81. The maximum Gasteiger partial charge on any atom is 0.337 e. The molecule has 0 aromatic heterocycles. The number of esters is 1. The molecule has 1 aliphatic rings. The number of anilines is 1. The lowest BCUT2D eigenvalue weighted by Crippen LogP contribution is -2.46. The summed E-state index contributed by atoms with van der Waals surface area (Å²) in [6.45, 7) is 7.29. The van der Waals surface area contributed by atoms with Crippen LogP contribution in [0.2, 0.25) is 0 Å². The molecule has 3 rings (SSSR count). The van der Waals surface area contributed by atoms with Crippen LogP contribution >= 0.6 is 12.2 Å². The quantitative estimate of drug-likeness (QED) is 0.505. The topological polar surface area (TPSA) is 87.7 Å². The van der Waals surface area contributed by atoms with Crippen LogP contribution in [0.3, 0.4) is 0 Å². The molecule has 2 N–H and O–H groups in total. The maximum absolute atomic E-state index is 13.2. The number of hydrogen-bond acceptors (Lipinski definition) is 5. The van der Waals surface area contributed by atoms with Crippen molar-refractivity contribution in [2.24, 2.45) is 0 Å². The zero-order valence-corrected chi connectivity index (χ0v) is 20.6. The maximum atomic E-state index is 13.2. The molecule has 0 aliphatic carbocycles.